The molecule has 1 aromatic carbocycles. The molecule has 8 heteroatoms. The van der Waals surface area contributed by atoms with Crippen LogP contribution in [0.4, 0.5) is 10.2 Å². The highest BCUT2D eigenvalue weighted by Crippen LogP contribution is 2.17. The minimum Gasteiger partial charge on any atom is -0.494 e. The van der Waals surface area contributed by atoms with Gasteiger partial charge < -0.3 is 19.9 Å². The van der Waals surface area contributed by atoms with Crippen molar-refractivity contribution in [3.05, 3.63) is 66.2 Å². The molecule has 0 saturated heterocycles. The van der Waals surface area contributed by atoms with E-state index in [0.717, 1.165) is 11.9 Å². The third kappa shape index (κ3) is 4.15. The normalized spacial score (nSPS) is 10.4. The molecule has 0 aliphatic heterocycles. The number of nitrogens with zero attached hydrogens (tertiary/aromatic N) is 3. The molecule has 7 nitrogen and oxygen atoms in total. The number of hydrogen-bond donors (Lipinski definition) is 2. The summed E-state index contributed by atoms with van der Waals surface area (Å²) < 4.78 is 20.3. The first-order valence-corrected chi connectivity index (χ1v) is 8.00. The summed E-state index contributed by atoms with van der Waals surface area (Å²) in [4.78, 5) is 12.0. The summed E-state index contributed by atoms with van der Waals surface area (Å²) in [6.45, 7) is 0.815. The Morgan fingerprint density at radius 2 is 1.96 bits per heavy atom. The molecule has 0 saturated carbocycles. The lowest BCUT2D eigenvalue weighted by Crippen LogP contribution is -2.29. The van der Waals surface area contributed by atoms with Gasteiger partial charge in [-0.2, -0.15) is 0 Å². The van der Waals surface area contributed by atoms with Gasteiger partial charge in [0.2, 0.25) is 0 Å². The van der Waals surface area contributed by atoms with Crippen molar-refractivity contribution in [2.24, 2.45) is 0 Å². The zero-order valence-corrected chi connectivity index (χ0v) is 14.1. The number of hydrogen-bond acceptors (Lipinski definition) is 5. The number of anilines is 1. The van der Waals surface area contributed by atoms with Gasteiger partial charge in [-0.05, 0) is 42.5 Å². The molecule has 3 aromatic rings. The first kappa shape index (κ1) is 17.4. The molecule has 0 fully saturated rings. The molecule has 0 radical (unpaired) electrons. The van der Waals surface area contributed by atoms with Gasteiger partial charge in [-0.25, -0.2) is 4.39 Å². The lowest BCUT2D eigenvalue weighted by atomic mass is 10.2. The van der Waals surface area contributed by atoms with Crippen LogP contribution in [0, 0.1) is 5.82 Å². The molecule has 1 amide bonds. The maximum absolute atomic E-state index is 13.6. The summed E-state index contributed by atoms with van der Waals surface area (Å²) in [5.74, 6) is 0.491. The van der Waals surface area contributed by atoms with E-state index in [1.807, 2.05) is 41.2 Å². The summed E-state index contributed by atoms with van der Waals surface area (Å²) in [6.07, 6.45) is 3.77. The molecule has 0 bridgehead atoms. The molecule has 0 aliphatic rings. The zero-order chi connectivity index (χ0) is 18.4. The van der Waals surface area contributed by atoms with Crippen LogP contribution in [-0.2, 0) is 0 Å². The van der Waals surface area contributed by atoms with Crippen molar-refractivity contribution >= 4 is 11.7 Å². The van der Waals surface area contributed by atoms with Crippen LogP contribution in [0.2, 0.25) is 0 Å². The molecule has 134 valence electrons. The fourth-order valence-corrected chi connectivity index (χ4v) is 2.32. The zero-order valence-electron chi connectivity index (χ0n) is 14.1. The molecular weight excluding hydrogens is 337 g/mol. The second-order valence-corrected chi connectivity index (χ2v) is 5.40. The third-order valence-corrected chi connectivity index (χ3v) is 3.65. The molecule has 0 spiro atoms. The number of aromatic nitrogens is 3. The van der Waals surface area contributed by atoms with Crippen LogP contribution in [-0.4, -0.2) is 40.9 Å². The summed E-state index contributed by atoms with van der Waals surface area (Å²) in [6, 6.07) is 11.5. The number of nitrogens with one attached hydrogen (secondary N) is 2. The fourth-order valence-electron chi connectivity index (χ4n) is 2.32. The van der Waals surface area contributed by atoms with Gasteiger partial charge in [-0.1, -0.05) is 0 Å². The van der Waals surface area contributed by atoms with Crippen LogP contribution in [0.3, 0.4) is 0 Å². The number of methoxy groups -OCH3 is 1. The molecule has 0 atom stereocenters. The molecule has 2 aromatic heterocycles. The number of amides is 1. The molecular formula is C18H18FN5O2. The maximum Gasteiger partial charge on any atom is 0.251 e. The lowest BCUT2D eigenvalue weighted by molar-refractivity contribution is 0.0954. The molecule has 26 heavy (non-hydrogen) atoms. The smallest absolute Gasteiger partial charge is 0.251 e. The Hall–Kier alpha value is -3.42. The minimum absolute atomic E-state index is 0.102. The van der Waals surface area contributed by atoms with Crippen molar-refractivity contribution in [3.8, 4) is 11.6 Å². The van der Waals surface area contributed by atoms with E-state index in [0.29, 0.717) is 18.9 Å². The standard InChI is InChI=1S/C18H18FN5O2/c1-26-15-5-4-13(12-14(15)19)18(25)21-9-8-20-16-6-7-17(23-22-16)24-10-2-3-11-24/h2-7,10-12H,8-9H2,1H3,(H,20,22)(H,21,25). The Bertz CT molecular complexity index is 866. The van der Waals surface area contributed by atoms with E-state index >= 15 is 0 Å². The second kappa shape index (κ2) is 8.11. The Morgan fingerprint density at radius 3 is 2.62 bits per heavy atom. The van der Waals surface area contributed by atoms with Crippen molar-refractivity contribution in [1.82, 2.24) is 20.1 Å². The van der Waals surface area contributed by atoms with E-state index in [1.54, 1.807) is 0 Å². The summed E-state index contributed by atoms with van der Waals surface area (Å²) >= 11 is 0. The van der Waals surface area contributed by atoms with Gasteiger partial charge in [0.05, 0.1) is 7.11 Å². The highest BCUT2D eigenvalue weighted by molar-refractivity contribution is 5.94. The van der Waals surface area contributed by atoms with Crippen molar-refractivity contribution < 1.29 is 13.9 Å². The monoisotopic (exact) mass is 355 g/mol. The Kier molecular flexibility index (Phi) is 5.43. The Morgan fingerprint density at radius 1 is 1.15 bits per heavy atom. The summed E-state index contributed by atoms with van der Waals surface area (Å²) in [7, 11) is 1.37. The average Bonchev–Trinajstić information content (AvgIpc) is 3.20. The van der Waals surface area contributed by atoms with Crippen LogP contribution < -0.4 is 15.4 Å². The number of halogens is 1. The molecule has 3 rings (SSSR count). The van der Waals surface area contributed by atoms with Gasteiger partial charge in [0, 0.05) is 31.0 Å². The van der Waals surface area contributed by atoms with Gasteiger partial charge in [0.1, 0.15) is 5.82 Å². The quantitative estimate of drug-likeness (QED) is 0.636. The number of carbonyl (C=O) groups excluding carboxylic acids is 1. The van der Waals surface area contributed by atoms with Crippen LogP contribution in [0.5, 0.6) is 5.75 Å². The van der Waals surface area contributed by atoms with Crippen LogP contribution >= 0.6 is 0 Å². The second-order valence-electron chi connectivity index (χ2n) is 5.40. The van der Waals surface area contributed by atoms with E-state index in [9.17, 15) is 9.18 Å². The number of rotatable bonds is 7. The first-order valence-electron chi connectivity index (χ1n) is 8.00. The Labute approximate surface area is 149 Å². The average molecular weight is 355 g/mol. The van der Waals surface area contributed by atoms with Crippen molar-refractivity contribution in [2.75, 3.05) is 25.5 Å². The van der Waals surface area contributed by atoms with E-state index in [2.05, 4.69) is 20.8 Å². The van der Waals surface area contributed by atoms with Gasteiger partial charge in [0.25, 0.3) is 5.91 Å². The summed E-state index contributed by atoms with van der Waals surface area (Å²) in [5, 5.41) is 14.0. The molecule has 2 N–H and O–H groups in total. The highest BCUT2D eigenvalue weighted by atomic mass is 19.1. The van der Waals surface area contributed by atoms with E-state index in [1.165, 1.54) is 19.2 Å². The third-order valence-electron chi connectivity index (χ3n) is 3.65. The van der Waals surface area contributed by atoms with Gasteiger partial charge in [0.15, 0.2) is 17.4 Å². The molecule has 0 unspecified atom stereocenters. The SMILES string of the molecule is COc1ccc(C(=O)NCCNc2ccc(-n3cccc3)nn2)cc1F. The number of ether oxygens (including phenoxy) is 1. The van der Waals surface area contributed by atoms with Crippen LogP contribution in [0.1, 0.15) is 10.4 Å². The maximum atomic E-state index is 13.6. The summed E-state index contributed by atoms with van der Waals surface area (Å²) in [5.41, 5.74) is 0.235. The number of carbonyl (C=O) groups is 1. The van der Waals surface area contributed by atoms with Crippen LogP contribution in [0.25, 0.3) is 5.82 Å². The van der Waals surface area contributed by atoms with Gasteiger partial charge >= 0.3 is 0 Å². The topological polar surface area (TPSA) is 81.1 Å². The largest absolute Gasteiger partial charge is 0.494 e. The molecule has 0 aliphatic carbocycles. The molecule has 2 heterocycles. The van der Waals surface area contributed by atoms with Crippen LogP contribution in [0.15, 0.2) is 54.9 Å². The van der Waals surface area contributed by atoms with Gasteiger partial charge in [-0.3, -0.25) is 4.79 Å². The van der Waals surface area contributed by atoms with Gasteiger partial charge in [-0.15, -0.1) is 10.2 Å². The minimum atomic E-state index is -0.573. The predicted octanol–water partition coefficient (Wildman–Crippen LogP) is 2.26. The first-order chi connectivity index (χ1) is 12.7. The van der Waals surface area contributed by atoms with Crippen molar-refractivity contribution in [1.29, 1.82) is 0 Å². The number of benzene rings is 1. The highest BCUT2D eigenvalue weighted by Gasteiger charge is 2.09. The fraction of sp³-hybridized carbons (Fsp3) is 0.167. The van der Waals surface area contributed by atoms with E-state index in [4.69, 9.17) is 4.74 Å². The van der Waals surface area contributed by atoms with Crippen molar-refractivity contribution in [3.63, 3.8) is 0 Å². The van der Waals surface area contributed by atoms with Crippen molar-refractivity contribution in [2.45, 2.75) is 0 Å². The lowest BCUT2D eigenvalue weighted by Gasteiger charge is -2.08. The predicted molar refractivity (Wildman–Crippen MR) is 95.1 cm³/mol. The van der Waals surface area contributed by atoms with E-state index in [-0.39, 0.29) is 17.2 Å². The Balaban J connectivity index is 1.46. The van der Waals surface area contributed by atoms with E-state index < -0.39 is 5.82 Å².